The predicted octanol–water partition coefficient (Wildman–Crippen LogP) is 4.03. The maximum atomic E-state index is 12.4. The molecule has 120 valence electrons. The molecule has 0 atom stereocenters. The van der Waals surface area contributed by atoms with Gasteiger partial charge in [0.05, 0.1) is 12.8 Å². The standard InChI is InChI=1S/C19H22N2O2/c1-5-6-9-20-19(22)16-10-15(11-18(23-4)14(16)3)17-8-7-13(2)12-21-17/h6-12H,5H2,1-4H3,(H,20,22)/b9-6+. The molecule has 0 aliphatic rings. The maximum absolute atomic E-state index is 12.4. The summed E-state index contributed by atoms with van der Waals surface area (Å²) in [5.74, 6) is 0.522. The van der Waals surface area contributed by atoms with Crippen molar-refractivity contribution in [1.29, 1.82) is 0 Å². The summed E-state index contributed by atoms with van der Waals surface area (Å²) < 4.78 is 5.42. The molecule has 0 aliphatic carbocycles. The lowest BCUT2D eigenvalue weighted by Gasteiger charge is -2.13. The van der Waals surface area contributed by atoms with E-state index in [4.69, 9.17) is 4.74 Å². The SMILES string of the molecule is CC/C=C/NC(=O)c1cc(-c2ccc(C)cn2)cc(OC)c1C. The summed E-state index contributed by atoms with van der Waals surface area (Å²) in [6, 6.07) is 7.70. The monoisotopic (exact) mass is 310 g/mol. The molecule has 0 saturated heterocycles. The molecule has 1 aromatic carbocycles. The van der Waals surface area contributed by atoms with Gasteiger partial charge in [0.2, 0.25) is 0 Å². The van der Waals surface area contributed by atoms with Crippen LogP contribution >= 0.6 is 0 Å². The largest absolute Gasteiger partial charge is 0.496 e. The van der Waals surface area contributed by atoms with E-state index in [1.165, 1.54) is 0 Å². The van der Waals surface area contributed by atoms with Crippen LogP contribution in [-0.4, -0.2) is 18.0 Å². The molecule has 2 rings (SSSR count). The van der Waals surface area contributed by atoms with Gasteiger partial charge in [-0.3, -0.25) is 9.78 Å². The van der Waals surface area contributed by atoms with Gasteiger partial charge in [-0.05, 0) is 44.0 Å². The van der Waals surface area contributed by atoms with E-state index in [2.05, 4.69) is 10.3 Å². The minimum Gasteiger partial charge on any atom is -0.496 e. The molecule has 0 fully saturated rings. The second kappa shape index (κ2) is 7.58. The molecule has 1 amide bonds. The fraction of sp³-hybridized carbons (Fsp3) is 0.263. The Kier molecular flexibility index (Phi) is 5.52. The minimum absolute atomic E-state index is 0.153. The highest BCUT2D eigenvalue weighted by Gasteiger charge is 2.15. The van der Waals surface area contributed by atoms with Crippen molar-refractivity contribution in [2.24, 2.45) is 0 Å². The summed E-state index contributed by atoms with van der Waals surface area (Å²) in [5.41, 5.74) is 4.16. The van der Waals surface area contributed by atoms with Crippen LogP contribution in [0.2, 0.25) is 0 Å². The van der Waals surface area contributed by atoms with Crippen molar-refractivity contribution >= 4 is 5.91 Å². The van der Waals surface area contributed by atoms with Crippen molar-refractivity contribution in [2.45, 2.75) is 27.2 Å². The van der Waals surface area contributed by atoms with E-state index in [1.807, 2.05) is 57.3 Å². The molecule has 0 unspecified atom stereocenters. The number of carbonyl (C=O) groups is 1. The molecule has 4 nitrogen and oxygen atoms in total. The van der Waals surface area contributed by atoms with Crippen LogP contribution in [0.15, 0.2) is 42.7 Å². The number of aryl methyl sites for hydroxylation is 1. The van der Waals surface area contributed by atoms with Gasteiger partial charge in [0.15, 0.2) is 0 Å². The first-order valence-corrected chi connectivity index (χ1v) is 7.64. The highest BCUT2D eigenvalue weighted by molar-refractivity contribution is 5.98. The second-order valence-electron chi connectivity index (χ2n) is 5.36. The quantitative estimate of drug-likeness (QED) is 0.907. The Bertz CT molecular complexity index is 719. The number of nitrogens with zero attached hydrogens (tertiary/aromatic N) is 1. The number of pyridine rings is 1. The Labute approximate surface area is 137 Å². The number of aromatic nitrogens is 1. The number of allylic oxidation sites excluding steroid dienone is 1. The van der Waals surface area contributed by atoms with Gasteiger partial charge in [-0.25, -0.2) is 0 Å². The summed E-state index contributed by atoms with van der Waals surface area (Å²) in [4.78, 5) is 16.8. The molecular formula is C19H22N2O2. The molecule has 0 saturated carbocycles. The van der Waals surface area contributed by atoms with Crippen molar-refractivity contribution in [1.82, 2.24) is 10.3 Å². The van der Waals surface area contributed by atoms with Gasteiger partial charge in [0.25, 0.3) is 5.91 Å². The number of rotatable bonds is 5. The lowest BCUT2D eigenvalue weighted by molar-refractivity contribution is 0.0969. The molecular weight excluding hydrogens is 288 g/mol. The molecule has 0 bridgehead atoms. The molecule has 0 aliphatic heterocycles. The smallest absolute Gasteiger partial charge is 0.255 e. The average molecular weight is 310 g/mol. The number of nitrogens with one attached hydrogen (secondary N) is 1. The predicted molar refractivity (Wildman–Crippen MR) is 92.6 cm³/mol. The highest BCUT2D eigenvalue weighted by atomic mass is 16.5. The van der Waals surface area contributed by atoms with Gasteiger partial charge in [0, 0.05) is 29.1 Å². The number of carbonyl (C=O) groups excluding carboxylic acids is 1. The number of amides is 1. The van der Waals surface area contributed by atoms with Crippen molar-refractivity contribution in [2.75, 3.05) is 7.11 Å². The van der Waals surface area contributed by atoms with Crippen LogP contribution in [0.3, 0.4) is 0 Å². The summed E-state index contributed by atoms with van der Waals surface area (Å²) in [5, 5.41) is 2.78. The zero-order chi connectivity index (χ0) is 16.8. The third-order valence-electron chi connectivity index (χ3n) is 3.60. The number of benzene rings is 1. The van der Waals surface area contributed by atoms with Crippen molar-refractivity contribution in [3.63, 3.8) is 0 Å². The topological polar surface area (TPSA) is 51.2 Å². The lowest BCUT2D eigenvalue weighted by Crippen LogP contribution is -2.18. The van der Waals surface area contributed by atoms with Gasteiger partial charge < -0.3 is 10.1 Å². The second-order valence-corrected chi connectivity index (χ2v) is 5.36. The van der Waals surface area contributed by atoms with Crippen LogP contribution < -0.4 is 10.1 Å². The Hall–Kier alpha value is -2.62. The molecule has 23 heavy (non-hydrogen) atoms. The first kappa shape index (κ1) is 16.7. The third kappa shape index (κ3) is 3.97. The van der Waals surface area contributed by atoms with Gasteiger partial charge in [-0.2, -0.15) is 0 Å². The van der Waals surface area contributed by atoms with Gasteiger partial charge in [-0.1, -0.05) is 19.1 Å². The molecule has 0 radical (unpaired) electrons. The van der Waals surface area contributed by atoms with E-state index in [1.54, 1.807) is 13.3 Å². The summed E-state index contributed by atoms with van der Waals surface area (Å²) >= 11 is 0. The highest BCUT2D eigenvalue weighted by Crippen LogP contribution is 2.29. The Morgan fingerprint density at radius 2 is 2.09 bits per heavy atom. The molecule has 1 aromatic heterocycles. The maximum Gasteiger partial charge on any atom is 0.255 e. The number of methoxy groups -OCH3 is 1. The van der Waals surface area contributed by atoms with E-state index in [0.717, 1.165) is 28.8 Å². The summed E-state index contributed by atoms with van der Waals surface area (Å²) in [6.07, 6.45) is 6.25. The summed E-state index contributed by atoms with van der Waals surface area (Å²) in [7, 11) is 1.60. The van der Waals surface area contributed by atoms with E-state index < -0.39 is 0 Å². The van der Waals surface area contributed by atoms with Crippen LogP contribution in [0, 0.1) is 13.8 Å². The fourth-order valence-corrected chi connectivity index (χ4v) is 2.25. The molecule has 1 N–H and O–H groups in total. The third-order valence-corrected chi connectivity index (χ3v) is 3.60. The van der Waals surface area contributed by atoms with Gasteiger partial charge >= 0.3 is 0 Å². The summed E-state index contributed by atoms with van der Waals surface area (Å²) in [6.45, 7) is 5.88. The van der Waals surface area contributed by atoms with Gasteiger partial charge in [0.1, 0.15) is 5.75 Å². The molecule has 1 heterocycles. The normalized spacial score (nSPS) is 10.8. The fourth-order valence-electron chi connectivity index (χ4n) is 2.25. The first-order chi connectivity index (χ1) is 11.1. The Morgan fingerprint density at radius 1 is 1.30 bits per heavy atom. The Balaban J connectivity index is 2.45. The zero-order valence-corrected chi connectivity index (χ0v) is 14.0. The first-order valence-electron chi connectivity index (χ1n) is 7.64. The number of hydrogen-bond donors (Lipinski definition) is 1. The van der Waals surface area contributed by atoms with Crippen LogP contribution in [-0.2, 0) is 0 Å². The van der Waals surface area contributed by atoms with Crippen molar-refractivity contribution < 1.29 is 9.53 Å². The van der Waals surface area contributed by atoms with Crippen LogP contribution in [0.1, 0.15) is 34.8 Å². The van der Waals surface area contributed by atoms with E-state index in [9.17, 15) is 4.79 Å². The van der Waals surface area contributed by atoms with Crippen LogP contribution in [0.25, 0.3) is 11.3 Å². The Morgan fingerprint density at radius 3 is 2.70 bits per heavy atom. The minimum atomic E-state index is -0.153. The molecule has 2 aromatic rings. The van der Waals surface area contributed by atoms with Crippen LogP contribution in [0.4, 0.5) is 0 Å². The van der Waals surface area contributed by atoms with Gasteiger partial charge in [-0.15, -0.1) is 0 Å². The van der Waals surface area contributed by atoms with E-state index in [-0.39, 0.29) is 5.91 Å². The molecule has 0 spiro atoms. The van der Waals surface area contributed by atoms with Crippen LogP contribution in [0.5, 0.6) is 5.75 Å². The molecule has 4 heteroatoms. The van der Waals surface area contributed by atoms with E-state index >= 15 is 0 Å². The average Bonchev–Trinajstić information content (AvgIpc) is 2.56. The zero-order valence-electron chi connectivity index (χ0n) is 14.0. The van der Waals surface area contributed by atoms with Crippen molar-refractivity contribution in [3.8, 4) is 17.0 Å². The lowest BCUT2D eigenvalue weighted by atomic mass is 10.0. The number of hydrogen-bond acceptors (Lipinski definition) is 3. The van der Waals surface area contributed by atoms with Crippen molar-refractivity contribution in [3.05, 3.63) is 59.4 Å². The van der Waals surface area contributed by atoms with E-state index in [0.29, 0.717) is 11.3 Å². The number of ether oxygens (including phenoxy) is 1.